The van der Waals surface area contributed by atoms with Gasteiger partial charge >= 0.3 is 0 Å². The Morgan fingerprint density at radius 1 is 1.50 bits per heavy atom. The lowest BCUT2D eigenvalue weighted by Gasteiger charge is -1.93. The molecule has 0 radical (unpaired) electrons. The molecule has 0 heterocycles. The quantitative estimate of drug-likeness (QED) is 0.606. The van der Waals surface area contributed by atoms with Crippen LogP contribution in [0.4, 0.5) is 0 Å². The van der Waals surface area contributed by atoms with Gasteiger partial charge in [-0.2, -0.15) is 0 Å². The summed E-state index contributed by atoms with van der Waals surface area (Å²) in [5.74, 6) is -0.0109. The largest absolute Gasteiger partial charge is 0.300 e. The van der Waals surface area contributed by atoms with E-state index in [2.05, 4.69) is 0 Å². The molecule has 0 aliphatic heterocycles. The monoisotopic (exact) mass is 136 g/mol. The molecule has 0 bridgehead atoms. The molecular weight excluding hydrogens is 124 g/mol. The number of hydrogen-bond donors (Lipinski definition) is 0. The molecule has 0 saturated carbocycles. The zero-order chi connectivity index (χ0) is 9.14. The summed E-state index contributed by atoms with van der Waals surface area (Å²) in [6, 6.07) is 5.39. The van der Waals surface area contributed by atoms with E-state index in [0.717, 1.165) is 0 Å². The van der Waals surface area contributed by atoms with Gasteiger partial charge in [-0.15, -0.1) is 0 Å². The van der Waals surface area contributed by atoms with Crippen LogP contribution in [0.1, 0.15) is 15.2 Å². The standard InChI is InChI=1S/C9H10O/c1-8(10)7-9-5-3-2-4-6-9/h2-6H,7H2,1H3/i5D,6D. The summed E-state index contributed by atoms with van der Waals surface area (Å²) in [7, 11) is 0. The highest BCUT2D eigenvalue weighted by Crippen LogP contribution is 1.98. The van der Waals surface area contributed by atoms with Gasteiger partial charge in [0.1, 0.15) is 5.78 Å². The summed E-state index contributed by atoms with van der Waals surface area (Å²) < 4.78 is 14.9. The SMILES string of the molecule is [2H]c1cccc([2H])c1CC(C)=O. The lowest BCUT2D eigenvalue weighted by atomic mass is 10.1. The maximum absolute atomic E-state index is 10.8. The predicted molar refractivity (Wildman–Crippen MR) is 40.8 cm³/mol. The second-order valence-corrected chi connectivity index (χ2v) is 2.17. The van der Waals surface area contributed by atoms with E-state index in [1.54, 1.807) is 18.2 Å². The molecule has 0 atom stereocenters. The highest BCUT2D eigenvalue weighted by atomic mass is 16.1. The van der Waals surface area contributed by atoms with Crippen LogP contribution < -0.4 is 0 Å². The van der Waals surface area contributed by atoms with Crippen molar-refractivity contribution in [2.45, 2.75) is 13.3 Å². The van der Waals surface area contributed by atoms with Gasteiger partial charge in [-0.05, 0) is 12.5 Å². The summed E-state index contributed by atoms with van der Waals surface area (Å²) in [6.45, 7) is 1.46. The number of hydrogen-bond acceptors (Lipinski definition) is 1. The van der Waals surface area contributed by atoms with Gasteiger partial charge in [0, 0.05) is 6.42 Å². The number of ketones is 1. The van der Waals surface area contributed by atoms with Crippen molar-refractivity contribution in [2.24, 2.45) is 0 Å². The van der Waals surface area contributed by atoms with Gasteiger partial charge in [-0.25, -0.2) is 0 Å². The topological polar surface area (TPSA) is 17.1 Å². The first-order valence-electron chi connectivity index (χ1n) is 4.16. The van der Waals surface area contributed by atoms with Gasteiger partial charge in [0.2, 0.25) is 0 Å². The van der Waals surface area contributed by atoms with E-state index in [9.17, 15) is 4.79 Å². The van der Waals surface area contributed by atoms with Crippen molar-refractivity contribution in [2.75, 3.05) is 0 Å². The first-order chi connectivity index (χ1) is 5.61. The number of carbonyl (C=O) groups is 1. The maximum Gasteiger partial charge on any atom is 0.134 e. The molecule has 0 N–H and O–H groups in total. The van der Waals surface area contributed by atoms with E-state index in [-0.39, 0.29) is 24.3 Å². The summed E-state index contributed by atoms with van der Waals surface area (Å²) in [4.78, 5) is 10.8. The molecule has 0 spiro atoms. The zero-order valence-electron chi connectivity index (χ0n) is 7.85. The summed E-state index contributed by atoms with van der Waals surface area (Å²) in [5, 5.41) is 0. The van der Waals surface area contributed by atoms with Crippen molar-refractivity contribution in [1.29, 1.82) is 0 Å². The molecule has 10 heavy (non-hydrogen) atoms. The summed E-state index contributed by atoms with van der Waals surface area (Å²) in [5.41, 5.74) is 0.519. The predicted octanol–water partition coefficient (Wildman–Crippen LogP) is 1.82. The summed E-state index contributed by atoms with van der Waals surface area (Å²) in [6.07, 6.45) is 0.193. The van der Waals surface area contributed by atoms with Crippen LogP contribution in [-0.2, 0) is 11.2 Å². The zero-order valence-corrected chi connectivity index (χ0v) is 5.85. The molecule has 0 aliphatic rings. The molecule has 1 aromatic carbocycles. The Bertz CT molecular complexity index is 287. The Morgan fingerprint density at radius 2 is 2.10 bits per heavy atom. The van der Waals surface area contributed by atoms with E-state index in [0.29, 0.717) is 5.56 Å². The fourth-order valence-corrected chi connectivity index (χ4v) is 0.738. The maximum atomic E-state index is 10.8. The third-order valence-electron chi connectivity index (χ3n) is 1.13. The molecule has 52 valence electrons. The molecule has 0 fully saturated rings. The van der Waals surface area contributed by atoms with Crippen LogP contribution in [-0.4, -0.2) is 5.78 Å². The third kappa shape index (κ3) is 2.02. The first kappa shape index (κ1) is 4.67. The second kappa shape index (κ2) is 3.16. The Hall–Kier alpha value is -1.11. The molecule has 0 aromatic heterocycles. The minimum absolute atomic E-state index is 0.0109. The number of benzene rings is 1. The van der Waals surface area contributed by atoms with Gasteiger partial charge < -0.3 is 0 Å². The Morgan fingerprint density at radius 3 is 2.60 bits per heavy atom. The number of Topliss-reactive ketones (excluding diaryl/α,β-unsaturated/α-hetero) is 1. The number of carbonyl (C=O) groups excluding carboxylic acids is 1. The van der Waals surface area contributed by atoms with Crippen molar-refractivity contribution >= 4 is 5.78 Å². The normalized spacial score (nSPS) is 12.1. The molecule has 1 heteroatoms. The Kier molecular flexibility index (Phi) is 1.47. The van der Waals surface area contributed by atoms with Gasteiger partial charge in [-0.1, -0.05) is 30.3 Å². The van der Waals surface area contributed by atoms with Crippen molar-refractivity contribution in [1.82, 2.24) is 0 Å². The van der Waals surface area contributed by atoms with E-state index in [4.69, 9.17) is 2.74 Å². The lowest BCUT2D eigenvalue weighted by Crippen LogP contribution is -1.94. The Labute approximate surface area is 63.5 Å². The number of rotatable bonds is 2. The first-order valence-corrected chi connectivity index (χ1v) is 3.16. The molecular formula is C9H10O. The molecule has 0 saturated heterocycles. The van der Waals surface area contributed by atoms with Crippen LogP contribution in [0.15, 0.2) is 30.3 Å². The molecule has 0 amide bonds. The smallest absolute Gasteiger partial charge is 0.134 e. The minimum Gasteiger partial charge on any atom is -0.300 e. The van der Waals surface area contributed by atoms with Crippen molar-refractivity contribution in [3.63, 3.8) is 0 Å². The van der Waals surface area contributed by atoms with Crippen molar-refractivity contribution in [3.05, 3.63) is 35.8 Å². The van der Waals surface area contributed by atoms with Crippen LogP contribution in [0.25, 0.3) is 0 Å². The highest BCUT2D eigenvalue weighted by Gasteiger charge is 1.93. The highest BCUT2D eigenvalue weighted by molar-refractivity contribution is 5.78. The van der Waals surface area contributed by atoms with Crippen LogP contribution in [0.2, 0.25) is 0 Å². The van der Waals surface area contributed by atoms with Gasteiger partial charge in [0.15, 0.2) is 0 Å². The van der Waals surface area contributed by atoms with Crippen LogP contribution in [0.3, 0.4) is 0 Å². The van der Waals surface area contributed by atoms with Crippen LogP contribution >= 0.6 is 0 Å². The molecule has 1 rings (SSSR count). The fourth-order valence-electron chi connectivity index (χ4n) is 0.738. The average Bonchev–Trinajstić information content (AvgIpc) is 1.97. The van der Waals surface area contributed by atoms with Crippen LogP contribution in [0, 0.1) is 0 Å². The van der Waals surface area contributed by atoms with E-state index in [1.165, 1.54) is 6.92 Å². The minimum atomic E-state index is -0.0109. The Balaban J connectivity index is 3.04. The van der Waals surface area contributed by atoms with Gasteiger partial charge in [-0.3, -0.25) is 4.79 Å². The van der Waals surface area contributed by atoms with Crippen LogP contribution in [0.5, 0.6) is 0 Å². The molecule has 0 unspecified atom stereocenters. The van der Waals surface area contributed by atoms with Gasteiger partial charge in [0.05, 0.1) is 2.74 Å². The fraction of sp³-hybridized carbons (Fsp3) is 0.222. The van der Waals surface area contributed by atoms with Crippen molar-refractivity contribution in [3.8, 4) is 0 Å². The molecule has 1 nitrogen and oxygen atoms in total. The van der Waals surface area contributed by atoms with E-state index < -0.39 is 0 Å². The van der Waals surface area contributed by atoms with E-state index >= 15 is 0 Å². The summed E-state index contributed by atoms with van der Waals surface area (Å²) >= 11 is 0. The van der Waals surface area contributed by atoms with Crippen molar-refractivity contribution < 1.29 is 7.54 Å². The average molecular weight is 136 g/mol. The third-order valence-corrected chi connectivity index (χ3v) is 1.13. The molecule has 0 aliphatic carbocycles. The lowest BCUT2D eigenvalue weighted by molar-refractivity contribution is -0.116. The van der Waals surface area contributed by atoms with Gasteiger partial charge in [0.25, 0.3) is 0 Å². The molecule has 1 aromatic rings. The second-order valence-electron chi connectivity index (χ2n) is 2.17. The van der Waals surface area contributed by atoms with E-state index in [1.807, 2.05) is 0 Å².